The van der Waals surface area contributed by atoms with E-state index in [0.717, 1.165) is 32.1 Å². The molecule has 118 valence electrons. The van der Waals surface area contributed by atoms with Crippen molar-refractivity contribution in [1.29, 1.82) is 0 Å². The van der Waals surface area contributed by atoms with Gasteiger partial charge in [-0.2, -0.15) is 0 Å². The van der Waals surface area contributed by atoms with E-state index < -0.39 is 0 Å². The zero-order valence-electron chi connectivity index (χ0n) is 12.1. The van der Waals surface area contributed by atoms with Crippen LogP contribution in [-0.2, 0) is 0 Å². The van der Waals surface area contributed by atoms with Gasteiger partial charge in [-0.05, 0) is 45.9 Å². The third-order valence-corrected chi connectivity index (χ3v) is 6.37. The van der Waals surface area contributed by atoms with Crippen molar-refractivity contribution in [3.05, 3.63) is 57.8 Å². The molecule has 0 aliphatic rings. The van der Waals surface area contributed by atoms with Crippen LogP contribution in [0, 0.1) is 9.28 Å². The number of aromatic amines is 2. The first-order chi connectivity index (χ1) is 11.7. The highest BCUT2D eigenvalue weighted by Gasteiger charge is 2.08. The molecule has 4 rings (SSSR count). The fourth-order valence-electron chi connectivity index (χ4n) is 2.22. The molecule has 0 bridgehead atoms. The van der Waals surface area contributed by atoms with Gasteiger partial charge in [0.05, 0.1) is 22.1 Å². The van der Waals surface area contributed by atoms with E-state index in [1.807, 2.05) is 48.5 Å². The van der Waals surface area contributed by atoms with Gasteiger partial charge >= 0.3 is 0 Å². The first-order valence-electron chi connectivity index (χ1n) is 7.03. The van der Waals surface area contributed by atoms with Gasteiger partial charge in [0.2, 0.25) is 0 Å². The van der Waals surface area contributed by atoms with Crippen LogP contribution < -0.4 is 0 Å². The average Bonchev–Trinajstić information content (AvgIpc) is 2.60. The number of aromatic nitrogens is 4. The molecule has 0 aliphatic heterocycles. The SMILES string of the molecule is S=c1[nH]c2ccccc2nc1SSc1nc2ccccc2[nH]c1=S. The molecule has 0 atom stereocenters. The first-order valence-corrected chi connectivity index (χ1v) is 10.00. The number of benzene rings is 2. The predicted octanol–water partition coefficient (Wildman–Crippen LogP) is 5.70. The topological polar surface area (TPSA) is 57.4 Å². The largest absolute Gasteiger partial charge is 0.343 e. The maximum absolute atomic E-state index is 5.40. The summed E-state index contributed by atoms with van der Waals surface area (Å²) >= 11 is 10.8. The standard InChI is InChI=1S/C16H10N4S4/c21-13-15(19-11-7-3-1-5-9(11)17-13)23-24-16-14(22)18-10-6-2-4-8-12(10)20-16/h1-8H,(H,17,21)(H,18,22). The maximum atomic E-state index is 5.40. The first kappa shape index (κ1) is 15.8. The Balaban J connectivity index is 1.68. The average molecular weight is 387 g/mol. The highest BCUT2D eigenvalue weighted by atomic mass is 33.1. The van der Waals surface area contributed by atoms with Gasteiger partial charge in [0.15, 0.2) is 0 Å². The fraction of sp³-hybridized carbons (Fsp3) is 0. The van der Waals surface area contributed by atoms with E-state index in [1.165, 1.54) is 21.6 Å². The number of hydrogen-bond acceptors (Lipinski definition) is 6. The smallest absolute Gasteiger partial charge is 0.142 e. The molecule has 24 heavy (non-hydrogen) atoms. The number of nitrogens with one attached hydrogen (secondary N) is 2. The normalized spacial score (nSPS) is 11.2. The molecule has 0 amide bonds. The van der Waals surface area contributed by atoms with Crippen LogP contribution in [-0.4, -0.2) is 19.9 Å². The Kier molecular flexibility index (Phi) is 4.36. The van der Waals surface area contributed by atoms with Crippen molar-refractivity contribution in [2.24, 2.45) is 0 Å². The van der Waals surface area contributed by atoms with Crippen molar-refractivity contribution in [2.45, 2.75) is 10.1 Å². The van der Waals surface area contributed by atoms with Crippen LogP contribution in [0.25, 0.3) is 22.1 Å². The summed E-state index contributed by atoms with van der Waals surface area (Å²) in [4.78, 5) is 15.6. The molecule has 0 saturated heterocycles. The molecule has 2 heterocycles. The monoisotopic (exact) mass is 386 g/mol. The fourth-order valence-corrected chi connectivity index (χ4v) is 4.97. The third kappa shape index (κ3) is 3.10. The molecule has 0 saturated carbocycles. The van der Waals surface area contributed by atoms with Crippen molar-refractivity contribution in [3.8, 4) is 0 Å². The Morgan fingerprint density at radius 3 is 1.54 bits per heavy atom. The third-order valence-electron chi connectivity index (χ3n) is 3.34. The molecule has 4 aromatic rings. The highest BCUT2D eigenvalue weighted by Crippen LogP contribution is 2.36. The molecule has 0 unspecified atom stereocenters. The molecule has 0 fully saturated rings. The minimum absolute atomic E-state index is 0.613. The van der Waals surface area contributed by atoms with Crippen LogP contribution in [0.2, 0.25) is 0 Å². The van der Waals surface area contributed by atoms with E-state index in [4.69, 9.17) is 24.4 Å². The van der Waals surface area contributed by atoms with Crippen LogP contribution in [0.1, 0.15) is 0 Å². The van der Waals surface area contributed by atoms with Gasteiger partial charge in [0.25, 0.3) is 0 Å². The second kappa shape index (κ2) is 6.64. The molecule has 2 aromatic carbocycles. The van der Waals surface area contributed by atoms with E-state index >= 15 is 0 Å². The summed E-state index contributed by atoms with van der Waals surface area (Å²) in [5, 5.41) is 1.50. The number of rotatable bonds is 3. The van der Waals surface area contributed by atoms with Crippen molar-refractivity contribution in [1.82, 2.24) is 19.9 Å². The predicted molar refractivity (Wildman–Crippen MR) is 106 cm³/mol. The minimum Gasteiger partial charge on any atom is -0.343 e. The minimum atomic E-state index is 0.613. The molecule has 4 nitrogen and oxygen atoms in total. The van der Waals surface area contributed by atoms with E-state index in [0.29, 0.717) is 9.28 Å². The van der Waals surface area contributed by atoms with Crippen LogP contribution in [0.4, 0.5) is 0 Å². The molecule has 0 aliphatic carbocycles. The summed E-state index contributed by atoms with van der Waals surface area (Å²) in [6.45, 7) is 0. The van der Waals surface area contributed by atoms with Gasteiger partial charge < -0.3 is 9.97 Å². The lowest BCUT2D eigenvalue weighted by molar-refractivity contribution is 1.10. The van der Waals surface area contributed by atoms with Gasteiger partial charge in [-0.25, -0.2) is 9.97 Å². The van der Waals surface area contributed by atoms with E-state index in [9.17, 15) is 0 Å². The number of hydrogen-bond donors (Lipinski definition) is 2. The summed E-state index contributed by atoms with van der Waals surface area (Å²) in [7, 11) is 2.92. The lowest BCUT2D eigenvalue weighted by Gasteiger charge is -2.04. The van der Waals surface area contributed by atoms with Crippen molar-refractivity contribution in [2.75, 3.05) is 0 Å². The van der Waals surface area contributed by atoms with Crippen molar-refractivity contribution >= 4 is 68.1 Å². The second-order valence-electron chi connectivity index (χ2n) is 4.94. The van der Waals surface area contributed by atoms with Gasteiger partial charge in [-0.3, -0.25) is 0 Å². The van der Waals surface area contributed by atoms with Gasteiger partial charge in [-0.15, -0.1) is 0 Å². The van der Waals surface area contributed by atoms with Crippen molar-refractivity contribution in [3.63, 3.8) is 0 Å². The molecular formula is C16H10N4S4. The molecule has 8 heteroatoms. The molecule has 2 aromatic heterocycles. The highest BCUT2D eigenvalue weighted by molar-refractivity contribution is 8.76. The van der Waals surface area contributed by atoms with Crippen LogP contribution in [0.15, 0.2) is 58.6 Å². The Morgan fingerprint density at radius 2 is 1.08 bits per heavy atom. The maximum Gasteiger partial charge on any atom is 0.142 e. The molecule has 2 N–H and O–H groups in total. The van der Waals surface area contributed by atoms with Crippen LogP contribution in [0.5, 0.6) is 0 Å². The van der Waals surface area contributed by atoms with Crippen LogP contribution in [0.3, 0.4) is 0 Å². The molecule has 0 spiro atoms. The lowest BCUT2D eigenvalue weighted by atomic mass is 10.3. The number of fused-ring (bicyclic) bond motifs is 2. The summed E-state index contributed by atoms with van der Waals surface area (Å²) in [6.07, 6.45) is 0. The Morgan fingerprint density at radius 1 is 0.667 bits per heavy atom. The van der Waals surface area contributed by atoms with Gasteiger partial charge in [0.1, 0.15) is 19.3 Å². The molecule has 0 radical (unpaired) electrons. The second-order valence-corrected chi connectivity index (χ2v) is 7.87. The zero-order chi connectivity index (χ0) is 16.5. The Bertz CT molecular complexity index is 1070. The van der Waals surface area contributed by atoms with E-state index in [1.54, 1.807) is 0 Å². The Hall–Kier alpha value is -1.74. The summed E-state index contributed by atoms with van der Waals surface area (Å²) in [6, 6.07) is 15.6. The Labute approximate surface area is 155 Å². The molecular weight excluding hydrogens is 376 g/mol. The van der Waals surface area contributed by atoms with Crippen molar-refractivity contribution < 1.29 is 0 Å². The number of nitrogens with zero attached hydrogens (tertiary/aromatic N) is 2. The van der Waals surface area contributed by atoms with E-state index in [-0.39, 0.29) is 0 Å². The summed E-state index contributed by atoms with van der Waals surface area (Å²) < 4.78 is 1.23. The quantitative estimate of drug-likeness (QED) is 0.348. The van der Waals surface area contributed by atoms with E-state index in [2.05, 4.69) is 19.9 Å². The summed E-state index contributed by atoms with van der Waals surface area (Å²) in [5.74, 6) is 0. The van der Waals surface area contributed by atoms with Crippen LogP contribution >= 0.6 is 46.0 Å². The van der Waals surface area contributed by atoms with Gasteiger partial charge in [0, 0.05) is 0 Å². The number of para-hydroxylation sites is 4. The lowest BCUT2D eigenvalue weighted by Crippen LogP contribution is -1.89. The summed E-state index contributed by atoms with van der Waals surface area (Å²) in [5.41, 5.74) is 3.62. The van der Waals surface area contributed by atoms with Gasteiger partial charge in [-0.1, -0.05) is 48.7 Å². The zero-order valence-corrected chi connectivity index (χ0v) is 15.4. The number of H-pyrrole nitrogens is 2.